The number of hydrogen-bond acceptors (Lipinski definition) is 2. The zero-order valence-corrected chi connectivity index (χ0v) is 16.9. The number of hydrogen-bond donors (Lipinski definition) is 0. The van der Waals surface area contributed by atoms with Crippen molar-refractivity contribution in [3.8, 4) is 0 Å². The average Bonchev–Trinajstić information content (AvgIpc) is 3.29. The second-order valence-corrected chi connectivity index (χ2v) is 10.7. The Labute approximate surface area is 163 Å². The Morgan fingerprint density at radius 1 is 0.741 bits per heavy atom. The van der Waals surface area contributed by atoms with E-state index >= 15 is 0 Å². The van der Waals surface area contributed by atoms with Gasteiger partial charge in [0.15, 0.2) is 0 Å². The summed E-state index contributed by atoms with van der Waals surface area (Å²) in [4.78, 5) is 0. The SMILES string of the molecule is CN(c1ccccc1)[P+](Cc1ccccc1)(c1ccccc1)N1CCCC1. The zero-order valence-electron chi connectivity index (χ0n) is 16.0. The van der Waals surface area contributed by atoms with E-state index in [9.17, 15) is 0 Å². The maximum absolute atomic E-state index is 2.79. The molecule has 3 heteroatoms. The number of nitrogens with zero attached hydrogens (tertiary/aromatic N) is 2. The summed E-state index contributed by atoms with van der Waals surface area (Å²) < 4.78 is 5.39. The molecular formula is C24H28N2P+. The van der Waals surface area contributed by atoms with Crippen molar-refractivity contribution in [2.45, 2.75) is 19.0 Å². The maximum atomic E-state index is 2.79. The molecule has 3 aromatic rings. The van der Waals surface area contributed by atoms with E-state index < -0.39 is 7.56 Å². The fourth-order valence-corrected chi connectivity index (χ4v) is 8.67. The molecule has 0 aromatic heterocycles. The number of benzene rings is 3. The molecule has 0 N–H and O–H groups in total. The predicted octanol–water partition coefficient (Wildman–Crippen LogP) is 5.59. The van der Waals surface area contributed by atoms with Gasteiger partial charge in [0.25, 0.3) is 0 Å². The van der Waals surface area contributed by atoms with Crippen LogP contribution in [0.5, 0.6) is 0 Å². The molecule has 27 heavy (non-hydrogen) atoms. The monoisotopic (exact) mass is 375 g/mol. The Balaban J connectivity index is 1.88. The number of para-hydroxylation sites is 1. The molecule has 1 aliphatic rings. The maximum Gasteiger partial charge on any atom is 0.211 e. The summed E-state index contributed by atoms with van der Waals surface area (Å²) in [6, 6.07) is 33.1. The topological polar surface area (TPSA) is 6.48 Å². The molecule has 0 aliphatic carbocycles. The first kappa shape index (κ1) is 18.2. The molecule has 1 fully saturated rings. The summed E-state index contributed by atoms with van der Waals surface area (Å²) in [7, 11) is 0.539. The molecule has 1 atom stereocenters. The largest absolute Gasteiger partial charge is 0.230 e. The first-order valence-electron chi connectivity index (χ1n) is 9.83. The van der Waals surface area contributed by atoms with Gasteiger partial charge in [-0.2, -0.15) is 4.67 Å². The van der Waals surface area contributed by atoms with Crippen molar-refractivity contribution in [1.82, 2.24) is 4.67 Å². The van der Waals surface area contributed by atoms with Crippen molar-refractivity contribution in [3.05, 3.63) is 96.6 Å². The van der Waals surface area contributed by atoms with E-state index in [1.165, 1.54) is 42.5 Å². The van der Waals surface area contributed by atoms with Gasteiger partial charge < -0.3 is 0 Å². The molecule has 0 saturated carbocycles. The lowest BCUT2D eigenvalue weighted by molar-refractivity contribution is 0.553. The molecule has 3 aromatic carbocycles. The molecule has 0 radical (unpaired) electrons. The Kier molecular flexibility index (Phi) is 5.57. The van der Waals surface area contributed by atoms with Gasteiger partial charge in [-0.1, -0.05) is 66.7 Å². The van der Waals surface area contributed by atoms with Crippen LogP contribution in [0.2, 0.25) is 0 Å². The normalized spacial score (nSPS) is 16.8. The van der Waals surface area contributed by atoms with Crippen molar-refractivity contribution in [2.75, 3.05) is 24.8 Å². The highest BCUT2D eigenvalue weighted by atomic mass is 31.2. The number of rotatable bonds is 6. The van der Waals surface area contributed by atoms with Crippen LogP contribution in [0.4, 0.5) is 5.69 Å². The third-order valence-electron chi connectivity index (χ3n) is 5.59. The molecule has 4 rings (SSSR count). The molecule has 1 saturated heterocycles. The van der Waals surface area contributed by atoms with Gasteiger partial charge in [-0.05, 0) is 42.7 Å². The molecule has 138 valence electrons. The predicted molar refractivity (Wildman–Crippen MR) is 119 cm³/mol. The van der Waals surface area contributed by atoms with Crippen LogP contribution >= 0.6 is 7.56 Å². The lowest BCUT2D eigenvalue weighted by Crippen LogP contribution is -2.40. The summed E-state index contributed by atoms with van der Waals surface area (Å²) >= 11 is 0. The number of anilines is 1. The van der Waals surface area contributed by atoms with Crippen LogP contribution in [0.25, 0.3) is 0 Å². The van der Waals surface area contributed by atoms with Crippen LogP contribution < -0.4 is 9.97 Å². The van der Waals surface area contributed by atoms with Crippen molar-refractivity contribution in [2.24, 2.45) is 0 Å². The van der Waals surface area contributed by atoms with E-state index in [4.69, 9.17) is 0 Å². The van der Waals surface area contributed by atoms with Crippen LogP contribution in [0.3, 0.4) is 0 Å². The van der Waals surface area contributed by atoms with Crippen LogP contribution in [0.15, 0.2) is 91.0 Å². The van der Waals surface area contributed by atoms with E-state index in [1.807, 2.05) is 0 Å². The third kappa shape index (κ3) is 3.65. The minimum absolute atomic E-state index is 1.07. The van der Waals surface area contributed by atoms with Gasteiger partial charge in [0.1, 0.15) is 11.5 Å². The molecule has 2 nitrogen and oxygen atoms in total. The van der Waals surface area contributed by atoms with Gasteiger partial charge in [0.05, 0.1) is 5.69 Å². The first-order valence-corrected chi connectivity index (χ1v) is 11.7. The molecule has 1 heterocycles. The van der Waals surface area contributed by atoms with Gasteiger partial charge in [-0.3, -0.25) is 0 Å². The van der Waals surface area contributed by atoms with Gasteiger partial charge >= 0.3 is 0 Å². The van der Waals surface area contributed by atoms with Gasteiger partial charge in [0, 0.05) is 20.1 Å². The second-order valence-electron chi connectivity index (χ2n) is 7.23. The quantitative estimate of drug-likeness (QED) is 0.518. The summed E-state index contributed by atoms with van der Waals surface area (Å²) in [5.74, 6) is 0. The highest BCUT2D eigenvalue weighted by Gasteiger charge is 2.52. The Morgan fingerprint density at radius 3 is 1.85 bits per heavy atom. The summed E-state index contributed by atoms with van der Waals surface area (Å²) in [6.45, 7) is 2.37. The fourth-order valence-electron chi connectivity index (χ4n) is 4.19. The summed E-state index contributed by atoms with van der Waals surface area (Å²) in [6.07, 6.45) is 3.67. The third-order valence-corrected chi connectivity index (χ3v) is 10.1. The van der Waals surface area contributed by atoms with Gasteiger partial charge in [-0.15, -0.1) is 0 Å². The summed E-state index contributed by atoms with van der Waals surface area (Å²) in [5.41, 5.74) is 2.72. The Morgan fingerprint density at radius 2 is 1.26 bits per heavy atom. The van der Waals surface area contributed by atoms with E-state index in [-0.39, 0.29) is 0 Å². The van der Waals surface area contributed by atoms with E-state index in [2.05, 4.69) is 107 Å². The van der Waals surface area contributed by atoms with Crippen LogP contribution in [0, 0.1) is 0 Å². The molecule has 1 unspecified atom stereocenters. The van der Waals surface area contributed by atoms with Gasteiger partial charge in [-0.25, -0.2) is 4.67 Å². The van der Waals surface area contributed by atoms with E-state index in [1.54, 1.807) is 0 Å². The van der Waals surface area contributed by atoms with Crippen LogP contribution in [-0.2, 0) is 6.16 Å². The summed E-state index contributed by atoms with van der Waals surface area (Å²) in [5, 5.41) is 1.47. The molecule has 0 amide bonds. The van der Waals surface area contributed by atoms with Crippen molar-refractivity contribution in [3.63, 3.8) is 0 Å². The Hall–Kier alpha value is -2.15. The first-order chi connectivity index (χ1) is 13.3. The van der Waals surface area contributed by atoms with Crippen molar-refractivity contribution < 1.29 is 0 Å². The van der Waals surface area contributed by atoms with Crippen molar-refractivity contribution >= 4 is 18.6 Å². The average molecular weight is 375 g/mol. The van der Waals surface area contributed by atoms with Crippen molar-refractivity contribution in [1.29, 1.82) is 0 Å². The second kappa shape index (κ2) is 8.25. The van der Waals surface area contributed by atoms with Gasteiger partial charge in [0.2, 0.25) is 7.56 Å². The van der Waals surface area contributed by atoms with Crippen LogP contribution in [-0.4, -0.2) is 24.8 Å². The minimum atomic E-state index is -1.76. The molecule has 0 bridgehead atoms. The Bertz CT molecular complexity index is 832. The highest BCUT2D eigenvalue weighted by Crippen LogP contribution is 2.67. The molecular weight excluding hydrogens is 347 g/mol. The van der Waals surface area contributed by atoms with E-state index in [0.29, 0.717) is 0 Å². The fraction of sp³-hybridized carbons (Fsp3) is 0.250. The smallest absolute Gasteiger partial charge is 0.211 e. The molecule has 0 spiro atoms. The lowest BCUT2D eigenvalue weighted by atomic mass is 10.2. The molecule has 1 aliphatic heterocycles. The highest BCUT2D eigenvalue weighted by molar-refractivity contribution is 7.81. The standard InChI is InChI=1S/C24H28N2P/c1-25(23-15-7-3-8-16-23)27(26-19-11-12-20-26,24-17-9-4-10-18-24)21-22-13-5-2-6-14-22/h2-10,13-18H,11-12,19-21H2,1H3/q+1. The van der Waals surface area contributed by atoms with Crippen LogP contribution in [0.1, 0.15) is 18.4 Å². The van der Waals surface area contributed by atoms with E-state index in [0.717, 1.165) is 6.16 Å². The zero-order chi connectivity index (χ0) is 18.5. The lowest BCUT2D eigenvalue weighted by Gasteiger charge is -2.41. The minimum Gasteiger partial charge on any atom is -0.230 e.